The van der Waals surface area contributed by atoms with E-state index in [4.69, 9.17) is 14.4 Å². The first-order valence-electron chi connectivity index (χ1n) is 9.33. The van der Waals surface area contributed by atoms with E-state index in [0.717, 1.165) is 38.5 Å². The third kappa shape index (κ3) is 3.23. The van der Waals surface area contributed by atoms with Crippen LogP contribution in [0.15, 0.2) is 76.5 Å². The summed E-state index contributed by atoms with van der Waals surface area (Å²) in [5.74, 6) is 0.654. The summed E-state index contributed by atoms with van der Waals surface area (Å²) in [5, 5.41) is 4.32. The Balaban J connectivity index is 1.53. The molecule has 0 spiro atoms. The lowest BCUT2D eigenvalue weighted by molar-refractivity contribution is -0.120. The van der Waals surface area contributed by atoms with Crippen LogP contribution in [0.3, 0.4) is 0 Å². The molecule has 6 nitrogen and oxygen atoms in total. The minimum absolute atomic E-state index is 0.0704. The van der Waals surface area contributed by atoms with E-state index in [2.05, 4.69) is 5.32 Å². The highest BCUT2D eigenvalue weighted by molar-refractivity contribution is 8.00. The van der Waals surface area contributed by atoms with Crippen molar-refractivity contribution in [2.45, 2.75) is 23.9 Å². The molecule has 3 heterocycles. The van der Waals surface area contributed by atoms with Gasteiger partial charge >= 0.3 is 0 Å². The smallest absolute Gasteiger partial charge is 0.233 e. The molecule has 1 atom stereocenters. The minimum atomic E-state index is -0.331. The molecule has 0 saturated heterocycles. The quantitative estimate of drug-likeness (QED) is 0.348. The summed E-state index contributed by atoms with van der Waals surface area (Å²) < 4.78 is 7.32. The third-order valence-corrected chi connectivity index (χ3v) is 5.83. The van der Waals surface area contributed by atoms with Gasteiger partial charge < -0.3 is 9.73 Å². The Hall–Kier alpha value is -3.32. The Morgan fingerprint density at radius 1 is 1.07 bits per heavy atom. The predicted octanol–water partition coefficient (Wildman–Crippen LogP) is 4.43. The van der Waals surface area contributed by atoms with Gasteiger partial charge in [0.25, 0.3) is 0 Å². The summed E-state index contributed by atoms with van der Waals surface area (Å²) >= 11 is 1.42. The van der Waals surface area contributed by atoms with Crippen molar-refractivity contribution in [3.05, 3.63) is 72.7 Å². The second-order valence-electron chi connectivity index (χ2n) is 6.73. The van der Waals surface area contributed by atoms with Crippen LogP contribution < -0.4 is 5.32 Å². The summed E-state index contributed by atoms with van der Waals surface area (Å²) in [7, 11) is 0. The highest BCUT2D eigenvalue weighted by Crippen LogP contribution is 2.30. The molecule has 29 heavy (non-hydrogen) atoms. The lowest BCUT2D eigenvalue weighted by atomic mass is 10.2. The maximum atomic E-state index is 12.6. The van der Waals surface area contributed by atoms with Gasteiger partial charge in [-0.1, -0.05) is 36.0 Å². The van der Waals surface area contributed by atoms with E-state index in [-0.39, 0.29) is 11.2 Å². The number of nitrogens with one attached hydrogen (secondary N) is 1. The zero-order chi connectivity index (χ0) is 19.8. The van der Waals surface area contributed by atoms with E-state index in [9.17, 15) is 4.79 Å². The largest absolute Gasteiger partial charge is 0.467 e. The summed E-state index contributed by atoms with van der Waals surface area (Å²) in [6.45, 7) is 2.25. The molecule has 1 N–H and O–H groups in total. The van der Waals surface area contributed by atoms with Crippen LogP contribution in [0.4, 0.5) is 0 Å². The van der Waals surface area contributed by atoms with Gasteiger partial charge in [0.2, 0.25) is 5.91 Å². The highest BCUT2D eigenvalue weighted by atomic mass is 32.2. The Bertz CT molecular complexity index is 1330. The van der Waals surface area contributed by atoms with Crippen molar-refractivity contribution in [1.82, 2.24) is 19.7 Å². The average molecular weight is 402 g/mol. The average Bonchev–Trinajstić information content (AvgIpc) is 3.40. The van der Waals surface area contributed by atoms with Gasteiger partial charge in [0.1, 0.15) is 11.4 Å². The normalized spacial score (nSPS) is 12.6. The number of carbonyl (C=O) groups excluding carboxylic acids is 1. The van der Waals surface area contributed by atoms with Gasteiger partial charge in [0.05, 0.1) is 34.6 Å². The molecule has 0 saturated carbocycles. The van der Waals surface area contributed by atoms with Crippen molar-refractivity contribution >= 4 is 45.3 Å². The number of hydrogen-bond donors (Lipinski definition) is 1. The van der Waals surface area contributed by atoms with Crippen molar-refractivity contribution < 1.29 is 9.21 Å². The van der Waals surface area contributed by atoms with Crippen molar-refractivity contribution in [2.75, 3.05) is 0 Å². The molecule has 2 aromatic carbocycles. The van der Waals surface area contributed by atoms with E-state index in [0.29, 0.717) is 6.54 Å². The maximum absolute atomic E-state index is 12.6. The van der Waals surface area contributed by atoms with Crippen molar-refractivity contribution in [2.24, 2.45) is 0 Å². The lowest BCUT2D eigenvalue weighted by Crippen LogP contribution is -2.30. The van der Waals surface area contributed by atoms with Crippen LogP contribution in [0.5, 0.6) is 0 Å². The number of thioether (sulfide) groups is 1. The van der Waals surface area contributed by atoms with Crippen LogP contribution in [0, 0.1) is 0 Å². The topological polar surface area (TPSA) is 72.4 Å². The molecule has 0 aliphatic carbocycles. The molecule has 1 amide bonds. The van der Waals surface area contributed by atoms with Crippen molar-refractivity contribution in [3.8, 4) is 0 Å². The Kier molecular flexibility index (Phi) is 4.44. The summed E-state index contributed by atoms with van der Waals surface area (Å²) in [5.41, 5.74) is 3.59. The van der Waals surface area contributed by atoms with Gasteiger partial charge in [-0.15, -0.1) is 0 Å². The number of nitrogens with zero attached hydrogens (tertiary/aromatic N) is 3. The second-order valence-corrected chi connectivity index (χ2v) is 8.04. The van der Waals surface area contributed by atoms with Crippen molar-refractivity contribution in [3.63, 3.8) is 0 Å². The van der Waals surface area contributed by atoms with E-state index in [1.165, 1.54) is 11.8 Å². The molecule has 144 valence electrons. The first-order valence-corrected chi connectivity index (χ1v) is 10.2. The van der Waals surface area contributed by atoms with Crippen LogP contribution in [-0.4, -0.2) is 25.5 Å². The molecule has 0 aliphatic heterocycles. The fraction of sp³-hybridized carbons (Fsp3) is 0.136. The third-order valence-electron chi connectivity index (χ3n) is 4.78. The monoisotopic (exact) mass is 402 g/mol. The summed E-state index contributed by atoms with van der Waals surface area (Å²) in [6, 6.07) is 19.6. The Morgan fingerprint density at radius 2 is 1.86 bits per heavy atom. The predicted molar refractivity (Wildman–Crippen MR) is 114 cm³/mol. The molecular weight excluding hydrogens is 384 g/mol. The number of aromatic nitrogens is 3. The summed E-state index contributed by atoms with van der Waals surface area (Å²) in [6.07, 6.45) is 1.60. The number of rotatable bonds is 5. The fourth-order valence-electron chi connectivity index (χ4n) is 3.34. The lowest BCUT2D eigenvalue weighted by Gasteiger charge is -2.13. The van der Waals surface area contributed by atoms with Gasteiger partial charge in [0.15, 0.2) is 5.16 Å². The van der Waals surface area contributed by atoms with Gasteiger partial charge in [-0.05, 0) is 43.3 Å². The fourth-order valence-corrected chi connectivity index (χ4v) is 4.28. The van der Waals surface area contributed by atoms with Crippen LogP contribution in [0.2, 0.25) is 0 Å². The number of furan rings is 1. The van der Waals surface area contributed by atoms with Crippen LogP contribution in [0.25, 0.3) is 27.6 Å². The molecule has 5 rings (SSSR count). The van der Waals surface area contributed by atoms with E-state index < -0.39 is 0 Å². The molecule has 0 radical (unpaired) electrons. The standard InChI is InChI=1S/C22H18N4O2S/c1-14(21(27)23-13-15-7-6-12-28-15)29-22-25-17-9-3-2-8-16(17)20-24-18-10-4-5-11-19(18)26(20)22/h2-12,14H,13H2,1H3,(H,23,27)/t14-/m0/s1. The number of benzene rings is 2. The van der Waals surface area contributed by atoms with Crippen LogP contribution in [-0.2, 0) is 11.3 Å². The molecule has 5 aromatic rings. The highest BCUT2D eigenvalue weighted by Gasteiger charge is 2.20. The number of imidazole rings is 1. The maximum Gasteiger partial charge on any atom is 0.233 e. The first-order chi connectivity index (χ1) is 14.2. The Morgan fingerprint density at radius 3 is 2.69 bits per heavy atom. The SMILES string of the molecule is C[C@H](Sc1nc2ccccc2c2nc3ccccc3n12)C(=O)NCc1ccco1. The zero-order valence-corrected chi connectivity index (χ0v) is 16.5. The molecule has 0 fully saturated rings. The number of carbonyl (C=O) groups is 1. The number of hydrogen-bond acceptors (Lipinski definition) is 5. The Labute approximate surface area is 170 Å². The first kappa shape index (κ1) is 17.8. The number of fused-ring (bicyclic) bond motifs is 5. The van der Waals surface area contributed by atoms with Gasteiger partial charge in [-0.3, -0.25) is 9.20 Å². The molecule has 3 aromatic heterocycles. The van der Waals surface area contributed by atoms with Crippen LogP contribution >= 0.6 is 11.8 Å². The van der Waals surface area contributed by atoms with E-state index >= 15 is 0 Å². The number of amides is 1. The van der Waals surface area contributed by atoms with E-state index in [1.54, 1.807) is 12.3 Å². The van der Waals surface area contributed by atoms with E-state index in [1.807, 2.05) is 65.9 Å². The van der Waals surface area contributed by atoms with Gasteiger partial charge in [-0.25, -0.2) is 9.97 Å². The molecule has 0 aliphatic rings. The molecule has 0 unspecified atom stereocenters. The second kappa shape index (κ2) is 7.25. The zero-order valence-electron chi connectivity index (χ0n) is 15.7. The molecular formula is C22H18N4O2S. The molecule has 0 bridgehead atoms. The van der Waals surface area contributed by atoms with Crippen LogP contribution in [0.1, 0.15) is 12.7 Å². The number of para-hydroxylation sites is 3. The minimum Gasteiger partial charge on any atom is -0.467 e. The molecule has 7 heteroatoms. The summed E-state index contributed by atoms with van der Waals surface area (Å²) in [4.78, 5) is 22.3. The van der Waals surface area contributed by atoms with Crippen molar-refractivity contribution in [1.29, 1.82) is 0 Å². The van der Waals surface area contributed by atoms with Gasteiger partial charge in [-0.2, -0.15) is 0 Å². The van der Waals surface area contributed by atoms with Gasteiger partial charge in [0, 0.05) is 5.39 Å².